The molecule has 2 aromatic heterocycles. The molecule has 1 aliphatic heterocycles. The first kappa shape index (κ1) is 20.5. The predicted octanol–water partition coefficient (Wildman–Crippen LogP) is 2.87. The maximum absolute atomic E-state index is 12.7. The number of rotatable bonds is 8. The molecule has 4 atom stereocenters. The normalized spacial score (nSPS) is 26.2. The van der Waals surface area contributed by atoms with E-state index in [-0.39, 0.29) is 24.1 Å². The fourth-order valence-corrected chi connectivity index (χ4v) is 4.81. The van der Waals surface area contributed by atoms with Gasteiger partial charge in [0.05, 0.1) is 5.69 Å². The van der Waals surface area contributed by atoms with Crippen LogP contribution >= 0.6 is 0 Å². The van der Waals surface area contributed by atoms with E-state index in [1.165, 1.54) is 6.07 Å². The second-order valence-electron chi connectivity index (χ2n) is 9.16. The van der Waals surface area contributed by atoms with Gasteiger partial charge in [-0.2, -0.15) is 8.78 Å². The van der Waals surface area contributed by atoms with Crippen LogP contribution in [0.15, 0.2) is 18.3 Å². The monoisotopic (exact) mass is 431 g/mol. The summed E-state index contributed by atoms with van der Waals surface area (Å²) in [6, 6.07) is 3.44. The number of ether oxygens (including phenoxy) is 1. The molecule has 5 rings (SSSR count). The van der Waals surface area contributed by atoms with Crippen LogP contribution in [0.3, 0.4) is 0 Å². The fraction of sp³-hybridized carbons (Fsp3) is 0.591. The maximum Gasteiger partial charge on any atom is 0.387 e. The first-order valence-corrected chi connectivity index (χ1v) is 10.9. The second-order valence-corrected chi connectivity index (χ2v) is 9.16. The highest BCUT2D eigenvalue weighted by molar-refractivity contribution is 5.64. The smallest absolute Gasteiger partial charge is 0.387 e. The van der Waals surface area contributed by atoms with Gasteiger partial charge in [-0.25, -0.2) is 15.0 Å². The van der Waals surface area contributed by atoms with Crippen LogP contribution in [0.5, 0.6) is 5.75 Å². The molecule has 3 fully saturated rings. The van der Waals surface area contributed by atoms with Crippen molar-refractivity contribution in [3.05, 3.63) is 29.8 Å². The molecule has 0 unspecified atom stereocenters. The minimum Gasteiger partial charge on any atom is -0.431 e. The lowest BCUT2D eigenvalue weighted by molar-refractivity contribution is -0.0494. The van der Waals surface area contributed by atoms with Crippen LogP contribution in [-0.2, 0) is 0 Å². The summed E-state index contributed by atoms with van der Waals surface area (Å²) in [5, 5.41) is 9.31. The Morgan fingerprint density at radius 1 is 1.23 bits per heavy atom. The van der Waals surface area contributed by atoms with Crippen LogP contribution in [-0.4, -0.2) is 57.8 Å². The van der Waals surface area contributed by atoms with Crippen LogP contribution < -0.4 is 10.5 Å². The molecule has 0 bridgehead atoms. The summed E-state index contributed by atoms with van der Waals surface area (Å²) in [5.74, 6) is 2.82. The Morgan fingerprint density at radius 3 is 2.61 bits per heavy atom. The third-order valence-electron chi connectivity index (χ3n) is 6.59. The van der Waals surface area contributed by atoms with Gasteiger partial charge in [0, 0.05) is 55.5 Å². The zero-order valence-corrected chi connectivity index (χ0v) is 17.4. The Kier molecular flexibility index (Phi) is 5.26. The Bertz CT molecular complexity index is 959. The minimum absolute atomic E-state index is 0.0744. The van der Waals surface area contributed by atoms with Crippen molar-refractivity contribution >= 4 is 5.82 Å². The molecule has 0 spiro atoms. The fourth-order valence-electron chi connectivity index (χ4n) is 4.81. The number of hydrogen-bond acceptors (Lipinski definition) is 7. The highest BCUT2D eigenvalue weighted by Gasteiger charge is 2.57. The van der Waals surface area contributed by atoms with Gasteiger partial charge in [0.2, 0.25) is 0 Å². The lowest BCUT2D eigenvalue weighted by atomic mass is 10.1. The number of fused-ring (bicyclic) bond motifs is 1. The summed E-state index contributed by atoms with van der Waals surface area (Å²) in [4.78, 5) is 16.1. The molecule has 31 heavy (non-hydrogen) atoms. The predicted molar refractivity (Wildman–Crippen MR) is 111 cm³/mol. The summed E-state index contributed by atoms with van der Waals surface area (Å²) in [6.07, 6.45) is 3.70. The van der Waals surface area contributed by atoms with E-state index >= 15 is 0 Å². The largest absolute Gasteiger partial charge is 0.431 e. The van der Waals surface area contributed by atoms with Crippen molar-refractivity contribution in [1.82, 2.24) is 19.9 Å². The van der Waals surface area contributed by atoms with Gasteiger partial charge in [-0.15, -0.1) is 0 Å². The number of aromatic nitrogens is 3. The van der Waals surface area contributed by atoms with Crippen molar-refractivity contribution in [2.75, 3.05) is 32.0 Å². The Balaban J connectivity index is 1.39. The highest BCUT2D eigenvalue weighted by Crippen LogP contribution is 2.58. The zero-order valence-electron chi connectivity index (χ0n) is 17.4. The lowest BCUT2D eigenvalue weighted by Gasteiger charge is -2.22. The van der Waals surface area contributed by atoms with Crippen LogP contribution in [0.4, 0.5) is 14.6 Å². The summed E-state index contributed by atoms with van der Waals surface area (Å²) in [5.41, 5.74) is 7.99. The number of halogens is 2. The van der Waals surface area contributed by atoms with Crippen molar-refractivity contribution in [2.24, 2.45) is 17.8 Å². The molecule has 2 saturated carbocycles. The van der Waals surface area contributed by atoms with Gasteiger partial charge in [-0.05, 0) is 42.7 Å². The Morgan fingerprint density at radius 2 is 1.97 bits per heavy atom. The number of aliphatic hydroxyl groups excluding tert-OH is 1. The number of nitrogen functional groups attached to an aromatic ring is 1. The molecule has 3 aliphatic rings. The third kappa shape index (κ3) is 4.21. The quantitative estimate of drug-likeness (QED) is 0.663. The van der Waals surface area contributed by atoms with Crippen LogP contribution in [0.25, 0.3) is 11.3 Å². The van der Waals surface area contributed by atoms with E-state index < -0.39 is 6.61 Å². The molecular weight excluding hydrogens is 404 g/mol. The number of nitrogens with two attached hydrogens (primary N) is 1. The molecule has 166 valence electrons. The molecule has 0 amide bonds. The standard InChI is InChI=1S/C22H27F2N5O2/c1-11(10-30)7-29-8-14-15(9-29)19(14)17-5-16(27-21(28-17)12-2-3-12)13-4-18(31-22(23)24)20(25)26-6-13/h4-6,11-12,14-15,19,22,30H,2-3,7-10H2,1H3,(H2,25,26)/t11-,14-,15+,19+/m0/s1. The Hall–Kier alpha value is -2.39. The molecule has 1 saturated heterocycles. The van der Waals surface area contributed by atoms with Gasteiger partial charge in [0.15, 0.2) is 11.6 Å². The van der Waals surface area contributed by atoms with Crippen LogP contribution in [0.1, 0.15) is 43.1 Å². The molecular formula is C22H27F2N5O2. The molecule has 9 heteroatoms. The van der Waals surface area contributed by atoms with Crippen molar-refractivity contribution in [3.63, 3.8) is 0 Å². The van der Waals surface area contributed by atoms with E-state index in [0.717, 1.165) is 44.0 Å². The van der Waals surface area contributed by atoms with Gasteiger partial charge >= 0.3 is 6.61 Å². The zero-order chi connectivity index (χ0) is 21.7. The first-order chi connectivity index (χ1) is 14.9. The third-order valence-corrected chi connectivity index (χ3v) is 6.59. The van der Waals surface area contributed by atoms with Crippen molar-refractivity contribution in [2.45, 2.75) is 38.2 Å². The van der Waals surface area contributed by atoms with Crippen molar-refractivity contribution < 1.29 is 18.6 Å². The van der Waals surface area contributed by atoms with Gasteiger partial charge in [-0.3, -0.25) is 0 Å². The van der Waals surface area contributed by atoms with E-state index in [2.05, 4.69) is 21.5 Å². The number of nitrogens with zero attached hydrogens (tertiary/aromatic N) is 4. The second kappa shape index (κ2) is 7.94. The number of pyridine rings is 1. The molecule has 7 nitrogen and oxygen atoms in total. The first-order valence-electron chi connectivity index (χ1n) is 10.9. The van der Waals surface area contributed by atoms with Crippen molar-refractivity contribution in [1.29, 1.82) is 0 Å². The van der Waals surface area contributed by atoms with E-state index in [1.807, 2.05) is 6.07 Å². The number of hydrogen-bond donors (Lipinski definition) is 2. The molecule has 2 aromatic rings. The van der Waals surface area contributed by atoms with E-state index in [1.54, 1.807) is 6.20 Å². The van der Waals surface area contributed by atoms with Gasteiger partial charge in [0.1, 0.15) is 5.82 Å². The van der Waals surface area contributed by atoms with Crippen LogP contribution in [0.2, 0.25) is 0 Å². The number of aliphatic hydroxyl groups is 1. The maximum atomic E-state index is 12.7. The number of anilines is 1. The number of piperidine rings is 1. The Labute approximate surface area is 179 Å². The topological polar surface area (TPSA) is 97.4 Å². The summed E-state index contributed by atoms with van der Waals surface area (Å²) >= 11 is 0. The van der Waals surface area contributed by atoms with E-state index in [4.69, 9.17) is 15.7 Å². The SMILES string of the molecule is C[C@H](CO)CN1C[C@@H]2[C@H](C1)[C@H]2c1cc(-c2cnc(N)c(OC(F)F)c2)nc(C2CC2)n1. The van der Waals surface area contributed by atoms with Gasteiger partial charge < -0.3 is 20.5 Å². The van der Waals surface area contributed by atoms with E-state index in [9.17, 15) is 13.9 Å². The average Bonchev–Trinajstić information content (AvgIpc) is 3.66. The highest BCUT2D eigenvalue weighted by atomic mass is 19.3. The summed E-state index contributed by atoms with van der Waals surface area (Å²) in [7, 11) is 0. The number of likely N-dealkylation sites (tertiary alicyclic amines) is 1. The number of alkyl halides is 2. The molecule has 0 radical (unpaired) electrons. The van der Waals surface area contributed by atoms with E-state index in [0.29, 0.717) is 34.9 Å². The molecule has 3 heterocycles. The van der Waals surface area contributed by atoms with Crippen LogP contribution in [0, 0.1) is 17.8 Å². The average molecular weight is 431 g/mol. The van der Waals surface area contributed by atoms with Crippen molar-refractivity contribution in [3.8, 4) is 17.0 Å². The minimum atomic E-state index is -2.97. The molecule has 3 N–H and O–H groups in total. The molecule has 2 aliphatic carbocycles. The lowest BCUT2D eigenvalue weighted by Crippen LogP contribution is -2.30. The van der Waals surface area contributed by atoms with Gasteiger partial charge in [-0.1, -0.05) is 6.92 Å². The molecule has 0 aromatic carbocycles. The van der Waals surface area contributed by atoms with Gasteiger partial charge in [0.25, 0.3) is 0 Å². The summed E-state index contributed by atoms with van der Waals surface area (Å²) < 4.78 is 29.9. The summed E-state index contributed by atoms with van der Waals surface area (Å²) in [6.45, 7) is 2.27.